The van der Waals surface area contributed by atoms with Gasteiger partial charge in [-0.3, -0.25) is 4.79 Å². The standard InChI is InChI=1S/C14H15FN2O2S/c1-7-4-12(10(9(3)18)6-11(7)15)20-14-16-8(2)5-13(19)17-14/h4-6,9,18H,1-3H3,(H,16,17,19). The fourth-order valence-electron chi connectivity index (χ4n) is 1.79. The molecule has 1 unspecified atom stereocenters. The molecule has 0 spiro atoms. The minimum atomic E-state index is -0.802. The predicted molar refractivity (Wildman–Crippen MR) is 75.5 cm³/mol. The maximum absolute atomic E-state index is 13.6. The summed E-state index contributed by atoms with van der Waals surface area (Å²) in [5, 5.41) is 10.2. The lowest BCUT2D eigenvalue weighted by Crippen LogP contribution is -2.08. The molecular weight excluding hydrogens is 279 g/mol. The van der Waals surface area contributed by atoms with Gasteiger partial charge < -0.3 is 10.1 Å². The topological polar surface area (TPSA) is 66.0 Å². The first kappa shape index (κ1) is 14.7. The number of aliphatic hydroxyl groups excluding tert-OH is 1. The van der Waals surface area contributed by atoms with E-state index in [2.05, 4.69) is 9.97 Å². The summed E-state index contributed by atoms with van der Waals surface area (Å²) in [6.45, 7) is 4.95. The quantitative estimate of drug-likeness (QED) is 0.854. The molecule has 0 aliphatic heterocycles. The van der Waals surface area contributed by atoms with Crippen LogP contribution in [0.4, 0.5) is 4.39 Å². The Morgan fingerprint density at radius 1 is 1.35 bits per heavy atom. The van der Waals surface area contributed by atoms with Crippen LogP contribution in [0, 0.1) is 19.7 Å². The minimum absolute atomic E-state index is 0.238. The summed E-state index contributed by atoms with van der Waals surface area (Å²) >= 11 is 1.20. The van der Waals surface area contributed by atoms with E-state index in [0.717, 1.165) is 0 Å². The van der Waals surface area contributed by atoms with Gasteiger partial charge in [-0.25, -0.2) is 9.37 Å². The molecule has 0 aliphatic carbocycles. The highest BCUT2D eigenvalue weighted by molar-refractivity contribution is 7.99. The van der Waals surface area contributed by atoms with Crippen LogP contribution in [0.3, 0.4) is 0 Å². The van der Waals surface area contributed by atoms with Gasteiger partial charge in [0.2, 0.25) is 0 Å². The van der Waals surface area contributed by atoms with Crippen molar-refractivity contribution in [3.05, 3.63) is 51.2 Å². The van der Waals surface area contributed by atoms with Crippen LogP contribution in [0.25, 0.3) is 0 Å². The second-order valence-corrected chi connectivity index (χ2v) is 5.64. The second-order valence-electron chi connectivity index (χ2n) is 4.61. The average molecular weight is 294 g/mol. The zero-order valence-corrected chi connectivity index (χ0v) is 12.2. The zero-order chi connectivity index (χ0) is 14.9. The maximum atomic E-state index is 13.6. The molecule has 0 fully saturated rings. The van der Waals surface area contributed by atoms with Gasteiger partial charge in [0.05, 0.1) is 6.10 Å². The van der Waals surface area contributed by atoms with Crippen molar-refractivity contribution in [1.82, 2.24) is 9.97 Å². The van der Waals surface area contributed by atoms with Crippen molar-refractivity contribution >= 4 is 11.8 Å². The molecule has 1 heterocycles. The van der Waals surface area contributed by atoms with Crippen LogP contribution in [-0.4, -0.2) is 15.1 Å². The van der Waals surface area contributed by atoms with E-state index in [1.54, 1.807) is 26.8 Å². The van der Waals surface area contributed by atoms with Crippen LogP contribution in [0.2, 0.25) is 0 Å². The summed E-state index contributed by atoms with van der Waals surface area (Å²) in [5.74, 6) is -0.365. The highest BCUT2D eigenvalue weighted by Gasteiger charge is 2.14. The Bertz CT molecular complexity index is 698. The molecule has 106 valence electrons. The van der Waals surface area contributed by atoms with Gasteiger partial charge in [0, 0.05) is 16.7 Å². The van der Waals surface area contributed by atoms with Gasteiger partial charge >= 0.3 is 0 Å². The number of hydrogen-bond acceptors (Lipinski definition) is 4. The number of H-pyrrole nitrogens is 1. The van der Waals surface area contributed by atoms with Gasteiger partial charge in [-0.1, -0.05) is 11.8 Å². The maximum Gasteiger partial charge on any atom is 0.251 e. The van der Waals surface area contributed by atoms with Gasteiger partial charge in [-0.05, 0) is 44.0 Å². The molecule has 2 N–H and O–H groups in total. The Labute approximate surface area is 120 Å². The molecule has 1 aromatic carbocycles. The SMILES string of the molecule is Cc1cc(=O)[nH]c(Sc2cc(C)c(F)cc2C(C)O)n1. The van der Waals surface area contributed by atoms with Crippen molar-refractivity contribution in [3.63, 3.8) is 0 Å². The summed E-state index contributed by atoms with van der Waals surface area (Å²) in [6, 6.07) is 4.36. The summed E-state index contributed by atoms with van der Waals surface area (Å²) in [4.78, 5) is 18.9. The molecule has 1 atom stereocenters. The molecular formula is C14H15FN2O2S. The molecule has 4 nitrogen and oxygen atoms in total. The van der Waals surface area contributed by atoms with Crippen molar-refractivity contribution in [2.75, 3.05) is 0 Å². The lowest BCUT2D eigenvalue weighted by Gasteiger charge is -2.13. The molecule has 2 rings (SSSR count). The number of hydrogen-bond donors (Lipinski definition) is 2. The third-order valence-corrected chi connectivity index (χ3v) is 3.76. The van der Waals surface area contributed by atoms with E-state index in [1.807, 2.05) is 0 Å². The monoisotopic (exact) mass is 294 g/mol. The number of halogens is 1. The first-order valence-electron chi connectivity index (χ1n) is 6.10. The van der Waals surface area contributed by atoms with E-state index in [4.69, 9.17) is 0 Å². The first-order chi connectivity index (χ1) is 9.36. The Morgan fingerprint density at radius 3 is 2.65 bits per heavy atom. The molecule has 0 saturated heterocycles. The third-order valence-electron chi connectivity index (χ3n) is 2.80. The summed E-state index contributed by atoms with van der Waals surface area (Å²) < 4.78 is 13.6. The van der Waals surface area contributed by atoms with E-state index in [-0.39, 0.29) is 11.4 Å². The highest BCUT2D eigenvalue weighted by atomic mass is 32.2. The van der Waals surface area contributed by atoms with Crippen LogP contribution < -0.4 is 5.56 Å². The normalized spacial score (nSPS) is 12.4. The van der Waals surface area contributed by atoms with Crippen molar-refractivity contribution in [1.29, 1.82) is 0 Å². The molecule has 2 aromatic rings. The summed E-state index contributed by atoms with van der Waals surface area (Å²) in [5.41, 5.74) is 1.32. The van der Waals surface area contributed by atoms with Crippen LogP contribution in [0.5, 0.6) is 0 Å². The molecule has 0 aliphatic rings. The third kappa shape index (κ3) is 3.26. The fourth-order valence-corrected chi connectivity index (χ4v) is 2.92. The number of aliphatic hydroxyl groups is 1. The summed E-state index contributed by atoms with van der Waals surface area (Å²) in [7, 11) is 0. The molecule has 0 bridgehead atoms. The smallest absolute Gasteiger partial charge is 0.251 e. The van der Waals surface area contributed by atoms with Gasteiger partial charge in [0.1, 0.15) is 5.82 Å². The van der Waals surface area contributed by atoms with E-state index in [0.29, 0.717) is 26.9 Å². The Morgan fingerprint density at radius 2 is 2.05 bits per heavy atom. The number of nitrogens with zero attached hydrogens (tertiary/aromatic N) is 1. The number of rotatable bonds is 3. The second kappa shape index (κ2) is 5.76. The Kier molecular flexibility index (Phi) is 4.25. The van der Waals surface area contributed by atoms with Crippen LogP contribution >= 0.6 is 11.8 Å². The van der Waals surface area contributed by atoms with Crippen LogP contribution in [0.15, 0.2) is 33.0 Å². The predicted octanol–water partition coefficient (Wildman–Crippen LogP) is 2.73. The molecule has 0 saturated carbocycles. The van der Waals surface area contributed by atoms with Crippen LogP contribution in [0.1, 0.15) is 29.8 Å². The van der Waals surface area contributed by atoms with Crippen LogP contribution in [-0.2, 0) is 0 Å². The molecule has 0 amide bonds. The lowest BCUT2D eigenvalue weighted by atomic mass is 10.1. The molecule has 1 aromatic heterocycles. The Hall–Kier alpha value is -1.66. The van der Waals surface area contributed by atoms with E-state index >= 15 is 0 Å². The first-order valence-corrected chi connectivity index (χ1v) is 6.92. The van der Waals surface area contributed by atoms with Crippen molar-refractivity contribution < 1.29 is 9.50 Å². The van der Waals surface area contributed by atoms with E-state index < -0.39 is 6.10 Å². The van der Waals surface area contributed by atoms with Crippen molar-refractivity contribution in [3.8, 4) is 0 Å². The van der Waals surface area contributed by atoms with Crippen molar-refractivity contribution in [2.45, 2.75) is 36.9 Å². The Balaban J connectivity index is 2.47. The van der Waals surface area contributed by atoms with Gasteiger partial charge in [0.25, 0.3) is 5.56 Å². The number of aromatic nitrogens is 2. The largest absolute Gasteiger partial charge is 0.389 e. The number of aryl methyl sites for hydroxylation is 2. The van der Waals surface area contributed by atoms with E-state index in [1.165, 1.54) is 23.9 Å². The van der Waals surface area contributed by atoms with E-state index in [9.17, 15) is 14.3 Å². The number of aromatic amines is 1. The van der Waals surface area contributed by atoms with Gasteiger partial charge in [-0.15, -0.1) is 0 Å². The number of nitrogens with one attached hydrogen (secondary N) is 1. The average Bonchev–Trinajstić information content (AvgIpc) is 2.31. The molecule has 20 heavy (non-hydrogen) atoms. The van der Waals surface area contributed by atoms with Gasteiger partial charge in [0.15, 0.2) is 5.16 Å². The summed E-state index contributed by atoms with van der Waals surface area (Å²) in [6.07, 6.45) is -0.802. The minimum Gasteiger partial charge on any atom is -0.389 e. The number of benzene rings is 1. The highest BCUT2D eigenvalue weighted by Crippen LogP contribution is 2.33. The molecule has 6 heteroatoms. The fraction of sp³-hybridized carbons (Fsp3) is 0.286. The lowest BCUT2D eigenvalue weighted by molar-refractivity contribution is 0.196. The molecule has 0 radical (unpaired) electrons. The zero-order valence-electron chi connectivity index (χ0n) is 11.4. The van der Waals surface area contributed by atoms with Crippen molar-refractivity contribution in [2.24, 2.45) is 0 Å². The van der Waals surface area contributed by atoms with Gasteiger partial charge in [-0.2, -0.15) is 0 Å².